The predicted molar refractivity (Wildman–Crippen MR) is 137 cm³/mol. The molecular formula is C27H26ClFN2O5. The van der Waals surface area contributed by atoms with E-state index in [-0.39, 0.29) is 23.2 Å². The Morgan fingerprint density at radius 3 is 2.61 bits per heavy atom. The van der Waals surface area contributed by atoms with E-state index in [9.17, 15) is 9.18 Å². The molecule has 0 radical (unpaired) electrons. The van der Waals surface area contributed by atoms with Gasteiger partial charge in [0, 0.05) is 11.1 Å². The van der Waals surface area contributed by atoms with Gasteiger partial charge in [-0.05, 0) is 48.9 Å². The Labute approximate surface area is 214 Å². The van der Waals surface area contributed by atoms with Crippen molar-refractivity contribution in [3.8, 4) is 23.0 Å². The van der Waals surface area contributed by atoms with Crippen molar-refractivity contribution in [2.24, 2.45) is 5.10 Å². The molecule has 0 aromatic heterocycles. The number of nitrogens with one attached hydrogen (secondary N) is 1. The number of hydrogen-bond donors (Lipinski definition) is 1. The minimum atomic E-state index is -0.439. The number of rotatable bonds is 12. The Morgan fingerprint density at radius 1 is 1.08 bits per heavy atom. The highest BCUT2D eigenvalue weighted by Gasteiger charge is 2.14. The molecule has 0 bridgehead atoms. The van der Waals surface area contributed by atoms with E-state index in [1.54, 1.807) is 54.6 Å². The lowest BCUT2D eigenvalue weighted by atomic mass is 10.2. The lowest BCUT2D eigenvalue weighted by Gasteiger charge is -2.13. The molecule has 0 aliphatic carbocycles. The van der Waals surface area contributed by atoms with Crippen LogP contribution in [-0.2, 0) is 6.61 Å². The van der Waals surface area contributed by atoms with E-state index >= 15 is 0 Å². The monoisotopic (exact) mass is 512 g/mol. The van der Waals surface area contributed by atoms with Crippen LogP contribution in [0.2, 0.25) is 5.02 Å². The summed E-state index contributed by atoms with van der Waals surface area (Å²) < 4.78 is 36.1. The van der Waals surface area contributed by atoms with Crippen LogP contribution in [0.25, 0.3) is 0 Å². The molecule has 0 saturated heterocycles. The highest BCUT2D eigenvalue weighted by atomic mass is 35.5. The van der Waals surface area contributed by atoms with Crippen LogP contribution in [0.1, 0.15) is 28.4 Å². The smallest absolute Gasteiger partial charge is 0.271 e. The quantitative estimate of drug-likeness (QED) is 0.189. The zero-order chi connectivity index (χ0) is 25.9. The van der Waals surface area contributed by atoms with Gasteiger partial charge in [-0.3, -0.25) is 4.79 Å². The number of hydrogen-bond acceptors (Lipinski definition) is 6. The Hall–Kier alpha value is -4.04. The van der Waals surface area contributed by atoms with Gasteiger partial charge in [0.2, 0.25) is 0 Å². The zero-order valence-electron chi connectivity index (χ0n) is 19.9. The lowest BCUT2D eigenvalue weighted by Crippen LogP contribution is -2.17. The van der Waals surface area contributed by atoms with E-state index < -0.39 is 5.91 Å². The van der Waals surface area contributed by atoms with Gasteiger partial charge in [0.15, 0.2) is 23.0 Å². The van der Waals surface area contributed by atoms with Crippen LogP contribution in [0.3, 0.4) is 0 Å². The first-order valence-corrected chi connectivity index (χ1v) is 11.4. The molecule has 1 N–H and O–H groups in total. The normalized spacial score (nSPS) is 10.7. The third-order valence-electron chi connectivity index (χ3n) is 4.82. The second-order valence-electron chi connectivity index (χ2n) is 7.31. The minimum Gasteiger partial charge on any atom is -0.493 e. The molecule has 0 saturated carbocycles. The fourth-order valence-corrected chi connectivity index (χ4v) is 3.41. The Morgan fingerprint density at radius 2 is 1.89 bits per heavy atom. The zero-order valence-corrected chi connectivity index (χ0v) is 20.7. The maximum absolute atomic E-state index is 13.9. The van der Waals surface area contributed by atoms with Crippen molar-refractivity contribution >= 4 is 23.7 Å². The van der Waals surface area contributed by atoms with E-state index in [1.807, 2.05) is 6.92 Å². The van der Waals surface area contributed by atoms with Crippen molar-refractivity contribution in [1.82, 2.24) is 5.43 Å². The molecule has 7 nitrogen and oxygen atoms in total. The van der Waals surface area contributed by atoms with Gasteiger partial charge in [0.25, 0.3) is 5.91 Å². The minimum absolute atomic E-state index is 0.0204. The third kappa shape index (κ3) is 6.99. The highest BCUT2D eigenvalue weighted by Crippen LogP contribution is 2.36. The van der Waals surface area contributed by atoms with Crippen LogP contribution in [0.5, 0.6) is 23.0 Å². The summed E-state index contributed by atoms with van der Waals surface area (Å²) in [5.41, 5.74) is 3.75. The number of benzene rings is 3. The van der Waals surface area contributed by atoms with E-state index in [1.165, 1.54) is 19.4 Å². The first kappa shape index (κ1) is 26.6. The van der Waals surface area contributed by atoms with Gasteiger partial charge in [-0.15, -0.1) is 0 Å². The summed E-state index contributed by atoms with van der Waals surface area (Å²) in [5.74, 6) is 0.744. The first-order valence-electron chi connectivity index (χ1n) is 11.0. The molecule has 0 fully saturated rings. The average Bonchev–Trinajstić information content (AvgIpc) is 2.88. The van der Waals surface area contributed by atoms with Crippen LogP contribution in [0.4, 0.5) is 4.39 Å². The molecule has 0 spiro atoms. The molecule has 0 aliphatic heterocycles. The van der Waals surface area contributed by atoms with Crippen LogP contribution in [-0.4, -0.2) is 32.4 Å². The van der Waals surface area contributed by atoms with Crippen LogP contribution in [0.15, 0.2) is 72.4 Å². The van der Waals surface area contributed by atoms with Crippen LogP contribution in [0, 0.1) is 5.82 Å². The summed E-state index contributed by atoms with van der Waals surface area (Å²) >= 11 is 6.38. The lowest BCUT2D eigenvalue weighted by molar-refractivity contribution is 0.0954. The highest BCUT2D eigenvalue weighted by molar-refractivity contribution is 6.32. The van der Waals surface area contributed by atoms with E-state index in [2.05, 4.69) is 17.1 Å². The van der Waals surface area contributed by atoms with Crippen molar-refractivity contribution in [2.45, 2.75) is 13.5 Å². The summed E-state index contributed by atoms with van der Waals surface area (Å²) in [6, 6.07) is 14.4. The summed E-state index contributed by atoms with van der Waals surface area (Å²) in [6.07, 6.45) is 3.03. The summed E-state index contributed by atoms with van der Waals surface area (Å²) in [4.78, 5) is 12.6. The third-order valence-corrected chi connectivity index (χ3v) is 5.10. The van der Waals surface area contributed by atoms with Gasteiger partial charge in [-0.2, -0.15) is 5.10 Å². The maximum Gasteiger partial charge on any atom is 0.271 e. The molecule has 0 aliphatic rings. The number of carbonyl (C=O) groups is 1. The van der Waals surface area contributed by atoms with E-state index in [4.69, 9.17) is 30.5 Å². The SMILES string of the molecule is C=CCOc1ccc(C(=O)N/N=C/c2cc(Cl)c(OCc3ccccc3F)c(OC)c2)cc1OCC. The molecule has 3 rings (SSSR count). The van der Waals surface area contributed by atoms with E-state index in [0.717, 1.165) is 0 Å². The molecule has 1 amide bonds. The van der Waals surface area contributed by atoms with Gasteiger partial charge >= 0.3 is 0 Å². The Kier molecular flexibility index (Phi) is 9.71. The van der Waals surface area contributed by atoms with Crippen molar-refractivity contribution < 1.29 is 28.1 Å². The molecule has 0 heterocycles. The first-order chi connectivity index (χ1) is 17.5. The number of nitrogens with zero attached hydrogens (tertiary/aromatic N) is 1. The standard InChI is InChI=1S/C27H26ClFN2O5/c1-4-12-35-23-11-10-19(15-24(23)34-5-2)27(32)31-30-16-18-13-21(28)26(25(14-18)33-3)36-17-20-8-6-7-9-22(20)29/h4,6-11,13-16H,1,5,12,17H2,2-3H3,(H,31,32)/b30-16+. The molecule has 0 unspecified atom stereocenters. The van der Waals surface area contributed by atoms with Gasteiger partial charge in [0.1, 0.15) is 19.0 Å². The molecule has 0 atom stereocenters. The van der Waals surface area contributed by atoms with Crippen molar-refractivity contribution in [1.29, 1.82) is 0 Å². The fourth-order valence-electron chi connectivity index (χ4n) is 3.14. The number of ether oxygens (including phenoxy) is 4. The summed E-state index contributed by atoms with van der Waals surface area (Å²) in [5, 5.41) is 4.25. The number of methoxy groups -OCH3 is 1. The molecule has 188 valence electrons. The average molecular weight is 513 g/mol. The molecule has 36 heavy (non-hydrogen) atoms. The van der Waals surface area contributed by atoms with E-state index in [0.29, 0.717) is 47.2 Å². The number of hydrazone groups is 1. The molecule has 9 heteroatoms. The predicted octanol–water partition coefficient (Wildman–Crippen LogP) is 5.79. The molecular weight excluding hydrogens is 487 g/mol. The summed E-state index contributed by atoms with van der Waals surface area (Å²) in [7, 11) is 1.46. The van der Waals surface area contributed by atoms with Crippen LogP contribution >= 0.6 is 11.6 Å². The van der Waals surface area contributed by atoms with Crippen molar-refractivity contribution in [2.75, 3.05) is 20.3 Å². The Balaban J connectivity index is 1.69. The van der Waals surface area contributed by atoms with Gasteiger partial charge < -0.3 is 18.9 Å². The topological polar surface area (TPSA) is 78.4 Å². The Bertz CT molecular complexity index is 1250. The number of amides is 1. The number of halogens is 2. The van der Waals surface area contributed by atoms with Gasteiger partial charge in [-0.25, -0.2) is 9.82 Å². The van der Waals surface area contributed by atoms with Crippen molar-refractivity contribution in [3.05, 3.63) is 94.8 Å². The van der Waals surface area contributed by atoms with Gasteiger partial charge in [-0.1, -0.05) is 42.5 Å². The molecule has 3 aromatic carbocycles. The molecule has 3 aromatic rings. The second-order valence-corrected chi connectivity index (χ2v) is 7.71. The second kappa shape index (κ2) is 13.2. The van der Waals surface area contributed by atoms with Crippen molar-refractivity contribution in [3.63, 3.8) is 0 Å². The largest absolute Gasteiger partial charge is 0.493 e. The summed E-state index contributed by atoms with van der Waals surface area (Å²) in [6.45, 7) is 6.16. The number of carbonyl (C=O) groups excluding carboxylic acids is 1. The van der Waals surface area contributed by atoms with Gasteiger partial charge in [0.05, 0.1) is 25.0 Å². The fraction of sp³-hybridized carbons (Fsp3) is 0.185. The van der Waals surface area contributed by atoms with Crippen LogP contribution < -0.4 is 24.4 Å². The maximum atomic E-state index is 13.9.